The van der Waals surface area contributed by atoms with Gasteiger partial charge in [0.1, 0.15) is 5.70 Å². The fourth-order valence-electron chi connectivity index (χ4n) is 2.64. The predicted octanol–water partition coefficient (Wildman–Crippen LogP) is 3.08. The van der Waals surface area contributed by atoms with Crippen LogP contribution in [-0.4, -0.2) is 43.0 Å². The van der Waals surface area contributed by atoms with Crippen LogP contribution in [0.3, 0.4) is 0 Å². The second-order valence-corrected chi connectivity index (χ2v) is 6.66. The van der Waals surface area contributed by atoms with Crippen LogP contribution in [0.5, 0.6) is 0 Å². The SMILES string of the molecule is O=C(N/C(=C/c1ccccc1)C(=O)N1CCOCC1)c1ccccc1Br. The van der Waals surface area contributed by atoms with Crippen molar-refractivity contribution in [2.24, 2.45) is 0 Å². The van der Waals surface area contributed by atoms with Crippen LogP contribution in [0.2, 0.25) is 0 Å². The van der Waals surface area contributed by atoms with E-state index in [2.05, 4.69) is 21.2 Å². The van der Waals surface area contributed by atoms with E-state index in [4.69, 9.17) is 4.74 Å². The Labute approximate surface area is 160 Å². The van der Waals surface area contributed by atoms with Crippen molar-refractivity contribution in [3.63, 3.8) is 0 Å². The highest BCUT2D eigenvalue weighted by Crippen LogP contribution is 2.17. The van der Waals surface area contributed by atoms with Gasteiger partial charge in [-0.1, -0.05) is 42.5 Å². The number of nitrogens with one attached hydrogen (secondary N) is 1. The van der Waals surface area contributed by atoms with Crippen molar-refractivity contribution in [1.29, 1.82) is 0 Å². The third-order valence-corrected chi connectivity index (χ3v) is 4.70. The summed E-state index contributed by atoms with van der Waals surface area (Å²) >= 11 is 3.38. The van der Waals surface area contributed by atoms with Crippen molar-refractivity contribution in [2.75, 3.05) is 26.3 Å². The van der Waals surface area contributed by atoms with E-state index in [1.54, 1.807) is 29.2 Å². The maximum absolute atomic E-state index is 12.9. The molecule has 2 aromatic rings. The first-order chi connectivity index (χ1) is 12.6. The Morgan fingerprint density at radius 3 is 2.35 bits per heavy atom. The lowest BCUT2D eigenvalue weighted by atomic mass is 10.1. The molecule has 3 rings (SSSR count). The van der Waals surface area contributed by atoms with Crippen LogP contribution in [0.15, 0.2) is 64.8 Å². The quantitative estimate of drug-likeness (QED) is 0.781. The first-order valence-corrected chi connectivity index (χ1v) is 9.14. The zero-order valence-corrected chi connectivity index (χ0v) is 15.7. The first-order valence-electron chi connectivity index (χ1n) is 8.35. The van der Waals surface area contributed by atoms with Crippen molar-refractivity contribution >= 4 is 33.8 Å². The van der Waals surface area contributed by atoms with E-state index < -0.39 is 0 Å². The molecule has 1 heterocycles. The van der Waals surface area contributed by atoms with Gasteiger partial charge in [0.05, 0.1) is 18.8 Å². The highest BCUT2D eigenvalue weighted by Gasteiger charge is 2.23. The van der Waals surface area contributed by atoms with Crippen LogP contribution in [0.4, 0.5) is 0 Å². The van der Waals surface area contributed by atoms with Crippen molar-refractivity contribution in [3.05, 3.63) is 75.9 Å². The molecule has 1 aliphatic rings. The fourth-order valence-corrected chi connectivity index (χ4v) is 3.10. The molecule has 0 saturated carbocycles. The van der Waals surface area contributed by atoms with Crippen LogP contribution < -0.4 is 5.32 Å². The summed E-state index contributed by atoms with van der Waals surface area (Å²) in [4.78, 5) is 27.3. The van der Waals surface area contributed by atoms with Gasteiger partial charge in [0.25, 0.3) is 11.8 Å². The molecule has 1 saturated heterocycles. The summed E-state index contributed by atoms with van der Waals surface area (Å²) in [5.41, 5.74) is 1.57. The van der Waals surface area contributed by atoms with Gasteiger partial charge in [-0.25, -0.2) is 0 Å². The van der Waals surface area contributed by atoms with Gasteiger partial charge in [-0.3, -0.25) is 9.59 Å². The van der Waals surface area contributed by atoms with Gasteiger partial charge >= 0.3 is 0 Å². The van der Waals surface area contributed by atoms with E-state index >= 15 is 0 Å². The van der Waals surface area contributed by atoms with Gasteiger partial charge in [0.2, 0.25) is 0 Å². The Kier molecular flexibility index (Phi) is 6.20. The summed E-state index contributed by atoms with van der Waals surface area (Å²) in [6.45, 7) is 2.02. The average Bonchev–Trinajstić information content (AvgIpc) is 2.68. The highest BCUT2D eigenvalue weighted by atomic mass is 79.9. The monoisotopic (exact) mass is 414 g/mol. The summed E-state index contributed by atoms with van der Waals surface area (Å²) in [6, 6.07) is 16.6. The zero-order chi connectivity index (χ0) is 18.4. The number of amides is 2. The molecule has 1 aliphatic heterocycles. The molecular formula is C20H19BrN2O3. The van der Waals surface area contributed by atoms with Crippen LogP contribution in [0, 0.1) is 0 Å². The van der Waals surface area contributed by atoms with Crippen molar-refractivity contribution in [2.45, 2.75) is 0 Å². The lowest BCUT2D eigenvalue weighted by molar-refractivity contribution is -0.131. The largest absolute Gasteiger partial charge is 0.378 e. The molecule has 2 amide bonds. The Morgan fingerprint density at radius 2 is 1.65 bits per heavy atom. The lowest BCUT2D eigenvalue weighted by Crippen LogP contribution is -2.44. The topological polar surface area (TPSA) is 58.6 Å². The minimum Gasteiger partial charge on any atom is -0.378 e. The summed E-state index contributed by atoms with van der Waals surface area (Å²) in [7, 11) is 0. The molecule has 0 aromatic heterocycles. The van der Waals surface area contributed by atoms with Gasteiger partial charge in [0.15, 0.2) is 0 Å². The fraction of sp³-hybridized carbons (Fsp3) is 0.200. The second kappa shape index (κ2) is 8.78. The number of hydrogen-bond donors (Lipinski definition) is 1. The minimum absolute atomic E-state index is 0.211. The zero-order valence-electron chi connectivity index (χ0n) is 14.2. The Balaban J connectivity index is 1.87. The number of halogens is 1. The molecule has 134 valence electrons. The molecule has 0 atom stereocenters. The number of rotatable bonds is 4. The number of ether oxygens (including phenoxy) is 1. The molecule has 0 spiro atoms. The van der Waals surface area contributed by atoms with Gasteiger partial charge in [-0.2, -0.15) is 0 Å². The van der Waals surface area contributed by atoms with Gasteiger partial charge in [-0.05, 0) is 39.7 Å². The number of carbonyl (C=O) groups excluding carboxylic acids is 2. The number of carbonyl (C=O) groups is 2. The Bertz CT molecular complexity index is 815. The van der Waals surface area contributed by atoms with E-state index in [9.17, 15) is 9.59 Å². The van der Waals surface area contributed by atoms with E-state index in [0.29, 0.717) is 36.3 Å². The van der Waals surface area contributed by atoms with Crippen molar-refractivity contribution < 1.29 is 14.3 Å². The maximum atomic E-state index is 12.9. The van der Waals surface area contributed by atoms with E-state index in [-0.39, 0.29) is 17.5 Å². The predicted molar refractivity (Wildman–Crippen MR) is 103 cm³/mol. The maximum Gasteiger partial charge on any atom is 0.270 e. The molecule has 1 fully saturated rings. The van der Waals surface area contributed by atoms with Crippen LogP contribution in [0.25, 0.3) is 6.08 Å². The normalized spacial score (nSPS) is 14.8. The number of nitrogens with zero attached hydrogens (tertiary/aromatic N) is 1. The molecular weight excluding hydrogens is 396 g/mol. The summed E-state index contributed by atoms with van der Waals surface area (Å²) in [5, 5.41) is 2.78. The van der Waals surface area contributed by atoms with Crippen LogP contribution >= 0.6 is 15.9 Å². The molecule has 1 N–H and O–H groups in total. The first kappa shape index (κ1) is 18.4. The smallest absolute Gasteiger partial charge is 0.270 e. The number of morpholine rings is 1. The third-order valence-electron chi connectivity index (χ3n) is 4.01. The Hall–Kier alpha value is -2.44. The van der Waals surface area contributed by atoms with Crippen molar-refractivity contribution in [1.82, 2.24) is 10.2 Å². The molecule has 5 nitrogen and oxygen atoms in total. The van der Waals surface area contributed by atoms with E-state index in [0.717, 1.165) is 5.56 Å². The van der Waals surface area contributed by atoms with Crippen molar-refractivity contribution in [3.8, 4) is 0 Å². The molecule has 26 heavy (non-hydrogen) atoms. The van der Waals surface area contributed by atoms with E-state index in [1.165, 1.54) is 0 Å². The van der Waals surface area contributed by atoms with Crippen LogP contribution in [-0.2, 0) is 9.53 Å². The van der Waals surface area contributed by atoms with Gasteiger partial charge in [0, 0.05) is 17.6 Å². The van der Waals surface area contributed by atoms with Gasteiger partial charge in [-0.15, -0.1) is 0 Å². The molecule has 0 radical (unpaired) electrons. The molecule has 6 heteroatoms. The molecule has 2 aromatic carbocycles. The molecule has 0 aliphatic carbocycles. The standard InChI is InChI=1S/C20H19BrN2O3/c21-17-9-5-4-8-16(17)19(24)22-18(14-15-6-2-1-3-7-15)20(25)23-10-12-26-13-11-23/h1-9,14H,10-13H2,(H,22,24)/b18-14+. The number of benzene rings is 2. The minimum atomic E-state index is -0.332. The highest BCUT2D eigenvalue weighted by molar-refractivity contribution is 9.10. The van der Waals surface area contributed by atoms with Crippen LogP contribution in [0.1, 0.15) is 15.9 Å². The summed E-state index contributed by atoms with van der Waals surface area (Å²) in [5.74, 6) is -0.543. The van der Waals surface area contributed by atoms with E-state index in [1.807, 2.05) is 36.4 Å². The lowest BCUT2D eigenvalue weighted by Gasteiger charge is -2.28. The Morgan fingerprint density at radius 1 is 1.00 bits per heavy atom. The van der Waals surface area contributed by atoms with Gasteiger partial charge < -0.3 is 15.0 Å². The average molecular weight is 415 g/mol. The third kappa shape index (κ3) is 4.59. The summed E-state index contributed by atoms with van der Waals surface area (Å²) in [6.07, 6.45) is 1.70. The molecule has 0 bridgehead atoms. The molecule has 0 unspecified atom stereocenters. The second-order valence-electron chi connectivity index (χ2n) is 5.81. The number of hydrogen-bond acceptors (Lipinski definition) is 3. The summed E-state index contributed by atoms with van der Waals surface area (Å²) < 4.78 is 5.98.